The summed E-state index contributed by atoms with van der Waals surface area (Å²) in [5.41, 5.74) is 0. The van der Waals surface area contributed by atoms with Crippen LogP contribution < -0.4 is 5.32 Å². The van der Waals surface area contributed by atoms with E-state index in [1.807, 2.05) is 0 Å². The number of aliphatic hydroxyl groups is 1. The van der Waals surface area contributed by atoms with Gasteiger partial charge >= 0.3 is 0 Å². The lowest BCUT2D eigenvalue weighted by Crippen LogP contribution is -2.30. The number of aliphatic hydroxyl groups excluding tert-OH is 1. The van der Waals surface area contributed by atoms with Gasteiger partial charge in [0.25, 0.3) is 0 Å². The van der Waals surface area contributed by atoms with Gasteiger partial charge in [-0.15, -0.1) is 0 Å². The van der Waals surface area contributed by atoms with E-state index in [1.165, 1.54) is 51.4 Å². The molecule has 2 N–H and O–H groups in total. The molecule has 0 aromatic carbocycles. The van der Waals surface area contributed by atoms with Crippen LogP contribution in [-0.2, 0) is 0 Å². The van der Waals surface area contributed by atoms with Crippen molar-refractivity contribution in [2.75, 3.05) is 6.54 Å². The molecule has 1 aliphatic carbocycles. The van der Waals surface area contributed by atoms with Crippen molar-refractivity contribution in [3.8, 4) is 0 Å². The lowest BCUT2D eigenvalue weighted by Gasteiger charge is -2.24. The molecule has 2 rings (SSSR count). The molecule has 2 fully saturated rings. The first kappa shape index (κ1) is 11.4. The number of hydrogen-bond donors (Lipinski definition) is 2. The molecule has 15 heavy (non-hydrogen) atoms. The van der Waals surface area contributed by atoms with Crippen LogP contribution in [0.15, 0.2) is 0 Å². The molecule has 0 aromatic heterocycles. The van der Waals surface area contributed by atoms with Crippen LogP contribution in [0, 0.1) is 5.92 Å². The Morgan fingerprint density at radius 2 is 1.73 bits per heavy atom. The molecular weight excluding hydrogens is 186 g/mol. The summed E-state index contributed by atoms with van der Waals surface area (Å²) in [6, 6.07) is 0.600. The first-order valence-electron chi connectivity index (χ1n) is 6.78. The van der Waals surface area contributed by atoms with Gasteiger partial charge in [-0.3, -0.25) is 0 Å². The quantitative estimate of drug-likeness (QED) is 0.703. The Hall–Kier alpha value is -0.0800. The highest BCUT2D eigenvalue weighted by Gasteiger charge is 2.25. The maximum absolute atomic E-state index is 10.2. The molecule has 1 saturated heterocycles. The summed E-state index contributed by atoms with van der Waals surface area (Å²) < 4.78 is 0. The predicted molar refractivity (Wildman–Crippen MR) is 62.8 cm³/mol. The molecule has 2 nitrogen and oxygen atoms in total. The monoisotopic (exact) mass is 211 g/mol. The topological polar surface area (TPSA) is 32.3 Å². The lowest BCUT2D eigenvalue weighted by atomic mass is 9.90. The van der Waals surface area contributed by atoms with Crippen molar-refractivity contribution >= 4 is 0 Å². The Balaban J connectivity index is 1.74. The second kappa shape index (κ2) is 5.86. The van der Waals surface area contributed by atoms with Gasteiger partial charge in [-0.05, 0) is 44.6 Å². The number of nitrogens with one attached hydrogen (secondary N) is 1. The predicted octanol–water partition coefficient (Wildman–Crippen LogP) is 2.46. The molecule has 1 aliphatic heterocycles. The zero-order valence-electron chi connectivity index (χ0n) is 9.75. The molecule has 0 spiro atoms. The number of rotatable bonds is 3. The highest BCUT2D eigenvalue weighted by atomic mass is 16.3. The van der Waals surface area contributed by atoms with Crippen LogP contribution in [0.5, 0.6) is 0 Å². The Morgan fingerprint density at radius 1 is 1.00 bits per heavy atom. The molecule has 2 atom stereocenters. The molecule has 88 valence electrons. The van der Waals surface area contributed by atoms with Crippen molar-refractivity contribution in [3.05, 3.63) is 0 Å². The molecule has 2 aliphatic rings. The fourth-order valence-electron chi connectivity index (χ4n) is 3.14. The van der Waals surface area contributed by atoms with Crippen molar-refractivity contribution in [3.63, 3.8) is 0 Å². The molecule has 0 aromatic rings. The van der Waals surface area contributed by atoms with E-state index in [0.29, 0.717) is 12.0 Å². The fourth-order valence-corrected chi connectivity index (χ4v) is 3.14. The van der Waals surface area contributed by atoms with Gasteiger partial charge in [-0.1, -0.05) is 25.7 Å². The lowest BCUT2D eigenvalue weighted by molar-refractivity contribution is 0.0815. The van der Waals surface area contributed by atoms with E-state index >= 15 is 0 Å². The van der Waals surface area contributed by atoms with Gasteiger partial charge in [0.15, 0.2) is 0 Å². The maximum Gasteiger partial charge on any atom is 0.0583 e. The van der Waals surface area contributed by atoms with E-state index in [9.17, 15) is 5.11 Å². The third-order valence-electron chi connectivity index (χ3n) is 4.13. The first-order valence-corrected chi connectivity index (χ1v) is 6.78. The van der Waals surface area contributed by atoms with Crippen LogP contribution in [0.25, 0.3) is 0 Å². The van der Waals surface area contributed by atoms with Crippen molar-refractivity contribution in [2.45, 2.75) is 69.9 Å². The van der Waals surface area contributed by atoms with Crippen LogP contribution in [0.4, 0.5) is 0 Å². The van der Waals surface area contributed by atoms with Crippen LogP contribution in [0.2, 0.25) is 0 Å². The van der Waals surface area contributed by atoms with Crippen molar-refractivity contribution in [1.29, 1.82) is 0 Å². The van der Waals surface area contributed by atoms with Crippen molar-refractivity contribution < 1.29 is 5.11 Å². The second-order valence-electron chi connectivity index (χ2n) is 5.35. The van der Waals surface area contributed by atoms with E-state index in [4.69, 9.17) is 0 Å². The minimum Gasteiger partial charge on any atom is -0.393 e. The van der Waals surface area contributed by atoms with Gasteiger partial charge < -0.3 is 10.4 Å². The molecule has 0 amide bonds. The largest absolute Gasteiger partial charge is 0.393 e. The summed E-state index contributed by atoms with van der Waals surface area (Å²) in [6.45, 7) is 1.15. The second-order valence-corrected chi connectivity index (χ2v) is 5.35. The zero-order valence-corrected chi connectivity index (χ0v) is 9.75. The van der Waals surface area contributed by atoms with E-state index in [2.05, 4.69) is 5.32 Å². The zero-order chi connectivity index (χ0) is 10.5. The molecule has 1 heterocycles. The van der Waals surface area contributed by atoms with Gasteiger partial charge in [0.1, 0.15) is 0 Å². The number of hydrogen-bond acceptors (Lipinski definition) is 2. The summed E-state index contributed by atoms with van der Waals surface area (Å²) in [5, 5.41) is 13.7. The van der Waals surface area contributed by atoms with Gasteiger partial charge in [0.2, 0.25) is 0 Å². The van der Waals surface area contributed by atoms with Gasteiger partial charge in [0, 0.05) is 6.04 Å². The summed E-state index contributed by atoms with van der Waals surface area (Å²) in [4.78, 5) is 0. The average Bonchev–Trinajstić information content (AvgIpc) is 2.58. The normalized spacial score (nSPS) is 31.4. The molecule has 1 saturated carbocycles. The minimum absolute atomic E-state index is 0.0429. The minimum atomic E-state index is -0.0429. The van der Waals surface area contributed by atoms with Crippen molar-refractivity contribution in [1.82, 2.24) is 5.32 Å². The van der Waals surface area contributed by atoms with E-state index in [-0.39, 0.29) is 6.10 Å². The van der Waals surface area contributed by atoms with Gasteiger partial charge in [-0.25, -0.2) is 0 Å². The summed E-state index contributed by atoms with van der Waals surface area (Å²) in [5.74, 6) is 0.592. The first-order chi connectivity index (χ1) is 7.36. The third kappa shape index (κ3) is 3.46. The van der Waals surface area contributed by atoms with Crippen LogP contribution in [-0.4, -0.2) is 23.8 Å². The van der Waals surface area contributed by atoms with Crippen LogP contribution >= 0.6 is 0 Å². The van der Waals surface area contributed by atoms with E-state index in [0.717, 1.165) is 13.0 Å². The smallest absolute Gasteiger partial charge is 0.0583 e. The third-order valence-corrected chi connectivity index (χ3v) is 4.13. The van der Waals surface area contributed by atoms with Gasteiger partial charge in [-0.2, -0.15) is 0 Å². The summed E-state index contributed by atoms with van der Waals surface area (Å²) >= 11 is 0. The van der Waals surface area contributed by atoms with Gasteiger partial charge in [0.05, 0.1) is 6.10 Å². The summed E-state index contributed by atoms with van der Waals surface area (Å²) in [7, 11) is 0. The average molecular weight is 211 g/mol. The molecular formula is C13H25NO. The Morgan fingerprint density at radius 3 is 2.33 bits per heavy atom. The SMILES string of the molecule is OC(CC1CCCN1)C1CCCCCC1. The molecule has 2 unspecified atom stereocenters. The Kier molecular flexibility index (Phi) is 4.45. The molecule has 2 heteroatoms. The fraction of sp³-hybridized carbons (Fsp3) is 1.00. The maximum atomic E-state index is 10.2. The summed E-state index contributed by atoms with van der Waals surface area (Å²) in [6.07, 6.45) is 11.5. The highest BCUT2D eigenvalue weighted by molar-refractivity contribution is 4.81. The van der Waals surface area contributed by atoms with Crippen molar-refractivity contribution in [2.24, 2.45) is 5.92 Å². The van der Waals surface area contributed by atoms with E-state index < -0.39 is 0 Å². The van der Waals surface area contributed by atoms with E-state index in [1.54, 1.807) is 0 Å². The molecule has 0 radical (unpaired) electrons. The highest BCUT2D eigenvalue weighted by Crippen LogP contribution is 2.28. The Bertz CT molecular complexity index is 169. The Labute approximate surface area is 93.5 Å². The standard InChI is InChI=1S/C13H25NO/c15-13(10-12-8-5-9-14-12)11-6-3-1-2-4-7-11/h11-15H,1-10H2. The molecule has 0 bridgehead atoms. The van der Waals surface area contributed by atoms with Crippen LogP contribution in [0.3, 0.4) is 0 Å². The van der Waals surface area contributed by atoms with Crippen LogP contribution in [0.1, 0.15) is 57.8 Å².